The number of hydrogen-bond acceptors (Lipinski definition) is 4. The first-order chi connectivity index (χ1) is 9.28. The van der Waals surface area contributed by atoms with Crippen LogP contribution in [0.2, 0.25) is 0 Å². The zero-order chi connectivity index (χ0) is 15.4. The molecule has 0 aliphatic heterocycles. The maximum atomic E-state index is 13.2. The minimum absolute atomic E-state index is 0.0461. The van der Waals surface area contributed by atoms with E-state index < -0.39 is 21.3 Å². The van der Waals surface area contributed by atoms with E-state index in [9.17, 15) is 17.9 Å². The first-order valence-electron chi connectivity index (χ1n) is 6.45. The van der Waals surface area contributed by atoms with E-state index in [1.54, 1.807) is 0 Å². The predicted molar refractivity (Wildman–Crippen MR) is 76.1 cm³/mol. The molecule has 7 heteroatoms. The summed E-state index contributed by atoms with van der Waals surface area (Å²) in [7, 11) is -3.85. The van der Waals surface area contributed by atoms with Gasteiger partial charge in [-0.15, -0.1) is 0 Å². The maximum Gasteiger partial charge on any atom is 0.240 e. The fraction of sp³-hybridized carbons (Fsp3) is 0.538. The molecule has 1 aromatic carbocycles. The number of nitrogens with one attached hydrogen (secondary N) is 1. The Morgan fingerprint density at radius 3 is 2.35 bits per heavy atom. The molecule has 0 aromatic heterocycles. The van der Waals surface area contributed by atoms with Crippen molar-refractivity contribution in [3.8, 4) is 0 Å². The summed E-state index contributed by atoms with van der Waals surface area (Å²) in [5.74, 6) is -0.704. The minimum atomic E-state index is -3.85. The van der Waals surface area contributed by atoms with Gasteiger partial charge in [0.25, 0.3) is 0 Å². The van der Waals surface area contributed by atoms with Crippen molar-refractivity contribution in [2.24, 2.45) is 5.41 Å². The van der Waals surface area contributed by atoms with Crippen LogP contribution in [0.3, 0.4) is 0 Å². The molecule has 0 aliphatic carbocycles. The third-order valence-electron chi connectivity index (χ3n) is 3.68. The molecule has 0 heterocycles. The number of halogens is 1. The van der Waals surface area contributed by atoms with Crippen molar-refractivity contribution in [1.29, 1.82) is 0 Å². The molecule has 0 saturated heterocycles. The molecule has 0 bridgehead atoms. The van der Waals surface area contributed by atoms with Crippen LogP contribution in [0, 0.1) is 11.2 Å². The summed E-state index contributed by atoms with van der Waals surface area (Å²) in [6, 6.07) is 3.16. The molecular formula is C13H21FN2O3S. The van der Waals surface area contributed by atoms with Crippen LogP contribution in [0.25, 0.3) is 0 Å². The van der Waals surface area contributed by atoms with E-state index in [2.05, 4.69) is 4.72 Å². The van der Waals surface area contributed by atoms with Gasteiger partial charge in [0.05, 0.1) is 4.90 Å². The lowest BCUT2D eigenvalue weighted by Crippen LogP contribution is -2.39. The third kappa shape index (κ3) is 3.91. The Bertz CT molecular complexity index is 528. The van der Waals surface area contributed by atoms with Gasteiger partial charge in [0, 0.05) is 24.3 Å². The second kappa shape index (κ2) is 6.51. The minimum Gasteiger partial charge on any atom is -0.399 e. The van der Waals surface area contributed by atoms with Crippen molar-refractivity contribution in [3.63, 3.8) is 0 Å². The molecule has 0 radical (unpaired) electrons. The number of nitrogens with two attached hydrogens (primary N) is 1. The van der Waals surface area contributed by atoms with Crippen molar-refractivity contribution >= 4 is 15.7 Å². The molecule has 0 fully saturated rings. The smallest absolute Gasteiger partial charge is 0.240 e. The molecule has 4 N–H and O–H groups in total. The summed E-state index contributed by atoms with van der Waals surface area (Å²) in [5.41, 5.74) is 4.98. The Balaban J connectivity index is 2.95. The quantitative estimate of drug-likeness (QED) is 0.665. The van der Waals surface area contributed by atoms with Crippen molar-refractivity contribution < 1.29 is 17.9 Å². The molecule has 20 heavy (non-hydrogen) atoms. The van der Waals surface area contributed by atoms with Crippen LogP contribution < -0.4 is 10.5 Å². The van der Waals surface area contributed by atoms with Crippen molar-refractivity contribution in [2.75, 3.05) is 18.9 Å². The molecule has 0 atom stereocenters. The second-order valence-electron chi connectivity index (χ2n) is 4.91. The van der Waals surface area contributed by atoms with Crippen LogP contribution >= 0.6 is 0 Å². The van der Waals surface area contributed by atoms with Gasteiger partial charge in [0.15, 0.2) is 0 Å². The Morgan fingerprint density at radius 1 is 1.30 bits per heavy atom. The number of nitrogen functional groups attached to an aromatic ring is 1. The zero-order valence-electron chi connectivity index (χ0n) is 11.7. The van der Waals surface area contributed by atoms with Crippen LogP contribution in [0.1, 0.15) is 26.7 Å². The molecule has 1 rings (SSSR count). The average Bonchev–Trinajstić information content (AvgIpc) is 2.40. The number of hydrogen-bond donors (Lipinski definition) is 3. The van der Waals surface area contributed by atoms with E-state index in [-0.39, 0.29) is 23.7 Å². The third-order valence-corrected chi connectivity index (χ3v) is 5.06. The monoisotopic (exact) mass is 304 g/mol. The molecule has 1 aromatic rings. The van der Waals surface area contributed by atoms with E-state index in [4.69, 9.17) is 5.73 Å². The standard InChI is InChI=1S/C13H21FN2O3S/c1-3-13(4-2,9-17)8-16-20(18,19)12-6-10(14)5-11(15)7-12/h5-7,16-17H,3-4,8-9,15H2,1-2H3. The summed E-state index contributed by atoms with van der Waals surface area (Å²) in [4.78, 5) is -0.214. The van der Waals surface area contributed by atoms with Gasteiger partial charge in [-0.05, 0) is 31.0 Å². The van der Waals surface area contributed by atoms with Gasteiger partial charge < -0.3 is 10.8 Å². The lowest BCUT2D eigenvalue weighted by Gasteiger charge is -2.29. The Kier molecular flexibility index (Phi) is 5.50. The normalized spacial score (nSPS) is 12.6. The molecule has 5 nitrogen and oxygen atoms in total. The van der Waals surface area contributed by atoms with Crippen LogP contribution in [-0.2, 0) is 10.0 Å². The van der Waals surface area contributed by atoms with E-state index in [0.717, 1.165) is 12.1 Å². The van der Waals surface area contributed by atoms with Crippen molar-refractivity contribution in [3.05, 3.63) is 24.0 Å². The van der Waals surface area contributed by atoms with Crippen LogP contribution in [0.15, 0.2) is 23.1 Å². The lowest BCUT2D eigenvalue weighted by atomic mass is 9.84. The summed E-state index contributed by atoms with van der Waals surface area (Å²) < 4.78 is 39.9. The molecule has 0 aliphatic rings. The van der Waals surface area contributed by atoms with E-state index in [1.807, 2.05) is 13.8 Å². The first-order valence-corrected chi connectivity index (χ1v) is 7.93. The maximum absolute atomic E-state index is 13.2. The fourth-order valence-corrected chi connectivity index (χ4v) is 3.07. The van der Waals surface area contributed by atoms with Gasteiger partial charge >= 0.3 is 0 Å². The zero-order valence-corrected chi connectivity index (χ0v) is 12.5. The van der Waals surface area contributed by atoms with Crippen LogP contribution in [-0.4, -0.2) is 26.7 Å². The lowest BCUT2D eigenvalue weighted by molar-refractivity contribution is 0.119. The first kappa shape index (κ1) is 16.9. The molecule has 0 spiro atoms. The number of aliphatic hydroxyl groups is 1. The molecule has 0 saturated carbocycles. The van der Waals surface area contributed by atoms with Gasteiger partial charge in [-0.2, -0.15) is 0 Å². The topological polar surface area (TPSA) is 92.4 Å². The van der Waals surface area contributed by atoms with Crippen molar-refractivity contribution in [1.82, 2.24) is 4.72 Å². The van der Waals surface area contributed by atoms with E-state index in [0.29, 0.717) is 12.8 Å². The summed E-state index contributed by atoms with van der Waals surface area (Å²) in [6.45, 7) is 3.74. The van der Waals surface area contributed by atoms with Gasteiger partial charge in [0.2, 0.25) is 10.0 Å². The highest BCUT2D eigenvalue weighted by Crippen LogP contribution is 2.25. The Hall–Kier alpha value is -1.18. The number of anilines is 1. The molecular weight excluding hydrogens is 283 g/mol. The fourth-order valence-electron chi connectivity index (χ4n) is 1.85. The van der Waals surface area contributed by atoms with Gasteiger partial charge in [0.1, 0.15) is 5.82 Å². The highest BCUT2D eigenvalue weighted by Gasteiger charge is 2.28. The van der Waals surface area contributed by atoms with Crippen LogP contribution in [0.4, 0.5) is 10.1 Å². The number of aliphatic hydroxyl groups excluding tert-OH is 1. The summed E-state index contributed by atoms with van der Waals surface area (Å²) >= 11 is 0. The molecule has 0 unspecified atom stereocenters. The number of sulfonamides is 1. The van der Waals surface area contributed by atoms with Crippen molar-refractivity contribution in [2.45, 2.75) is 31.6 Å². The largest absolute Gasteiger partial charge is 0.399 e. The van der Waals surface area contributed by atoms with Gasteiger partial charge in [-0.3, -0.25) is 0 Å². The molecule has 114 valence electrons. The Morgan fingerprint density at radius 2 is 1.90 bits per heavy atom. The van der Waals surface area contributed by atoms with E-state index in [1.165, 1.54) is 6.07 Å². The Labute approximate surface area is 119 Å². The van der Waals surface area contributed by atoms with Gasteiger partial charge in [-0.1, -0.05) is 13.8 Å². The highest BCUT2D eigenvalue weighted by molar-refractivity contribution is 7.89. The van der Waals surface area contributed by atoms with E-state index >= 15 is 0 Å². The second-order valence-corrected chi connectivity index (χ2v) is 6.68. The SMILES string of the molecule is CCC(CC)(CO)CNS(=O)(=O)c1cc(N)cc(F)c1. The number of rotatable bonds is 7. The molecule has 0 amide bonds. The number of benzene rings is 1. The summed E-state index contributed by atoms with van der Waals surface area (Å²) in [6.07, 6.45) is 1.27. The summed E-state index contributed by atoms with van der Waals surface area (Å²) in [5, 5.41) is 9.42. The van der Waals surface area contributed by atoms with Gasteiger partial charge in [-0.25, -0.2) is 17.5 Å². The van der Waals surface area contributed by atoms with Crippen LogP contribution in [0.5, 0.6) is 0 Å². The average molecular weight is 304 g/mol. The predicted octanol–water partition coefficient (Wildman–Crippen LogP) is 1.48. The highest BCUT2D eigenvalue weighted by atomic mass is 32.2.